The minimum atomic E-state index is -0.547. The van der Waals surface area contributed by atoms with Crippen molar-refractivity contribution in [3.05, 3.63) is 47.1 Å². The summed E-state index contributed by atoms with van der Waals surface area (Å²) in [5, 5.41) is 3.07. The fraction of sp³-hybridized carbons (Fsp3) is 0.435. The van der Waals surface area contributed by atoms with Crippen LogP contribution in [0.5, 0.6) is 5.75 Å². The summed E-state index contributed by atoms with van der Waals surface area (Å²) in [6.07, 6.45) is 1.91. The summed E-state index contributed by atoms with van der Waals surface area (Å²) in [7, 11) is 0. The number of para-hydroxylation sites is 1. The first kappa shape index (κ1) is 22.2. The van der Waals surface area contributed by atoms with Crippen molar-refractivity contribution in [3.8, 4) is 5.75 Å². The molecular formula is C23H27ClN4O4. The Balaban J connectivity index is 1.42. The van der Waals surface area contributed by atoms with Crippen molar-refractivity contribution >= 4 is 35.3 Å². The van der Waals surface area contributed by atoms with Gasteiger partial charge in [-0.3, -0.25) is 4.90 Å². The quantitative estimate of drug-likeness (QED) is 0.700. The largest absolute Gasteiger partial charge is 0.441 e. The van der Waals surface area contributed by atoms with Gasteiger partial charge in [0.1, 0.15) is 11.9 Å². The number of amides is 2. The lowest BCUT2D eigenvalue weighted by atomic mass is 9.99. The maximum absolute atomic E-state index is 12.7. The zero-order chi connectivity index (χ0) is 22.8. The lowest BCUT2D eigenvalue weighted by Gasteiger charge is -2.41. The van der Waals surface area contributed by atoms with Crippen LogP contribution in [0.1, 0.15) is 45.3 Å². The Morgan fingerprint density at radius 1 is 1.28 bits per heavy atom. The molecule has 2 aliphatic heterocycles. The highest BCUT2D eigenvalue weighted by atomic mass is 35.5. The number of hydrogen-bond acceptors (Lipinski definition) is 6. The Morgan fingerprint density at radius 2 is 2.00 bits per heavy atom. The Morgan fingerprint density at radius 3 is 2.69 bits per heavy atom. The van der Waals surface area contributed by atoms with E-state index in [1.54, 1.807) is 11.0 Å². The van der Waals surface area contributed by atoms with E-state index in [0.717, 1.165) is 24.1 Å². The van der Waals surface area contributed by atoms with Crippen LogP contribution >= 0.6 is 11.6 Å². The zero-order valence-electron chi connectivity index (χ0n) is 18.4. The van der Waals surface area contributed by atoms with E-state index in [0.29, 0.717) is 23.9 Å². The number of benzene rings is 1. The Labute approximate surface area is 192 Å². The highest BCUT2D eigenvalue weighted by Gasteiger charge is 2.36. The first-order valence-electron chi connectivity index (χ1n) is 10.8. The molecule has 3 heterocycles. The molecule has 1 unspecified atom stereocenters. The van der Waals surface area contributed by atoms with Crippen LogP contribution in [-0.4, -0.2) is 42.3 Å². The van der Waals surface area contributed by atoms with Crippen LogP contribution in [0.4, 0.5) is 21.1 Å². The Bertz CT molecular complexity index is 1010. The summed E-state index contributed by atoms with van der Waals surface area (Å²) in [6, 6.07) is 9.49. The predicted molar refractivity (Wildman–Crippen MR) is 123 cm³/mol. The van der Waals surface area contributed by atoms with Crippen molar-refractivity contribution in [2.24, 2.45) is 0 Å². The number of fused-ring (bicyclic) bond motifs is 1. The van der Waals surface area contributed by atoms with E-state index >= 15 is 0 Å². The van der Waals surface area contributed by atoms with E-state index in [2.05, 4.69) is 15.2 Å². The second-order valence-corrected chi connectivity index (χ2v) is 8.75. The zero-order valence-corrected chi connectivity index (χ0v) is 19.1. The van der Waals surface area contributed by atoms with E-state index in [4.69, 9.17) is 21.1 Å². The van der Waals surface area contributed by atoms with Crippen LogP contribution in [0.3, 0.4) is 0 Å². The summed E-state index contributed by atoms with van der Waals surface area (Å²) >= 11 is 6.44. The second kappa shape index (κ2) is 9.24. The highest BCUT2D eigenvalue weighted by Crippen LogP contribution is 2.38. The Hall–Kier alpha value is -3.00. The highest BCUT2D eigenvalue weighted by molar-refractivity contribution is 6.33. The molecule has 0 bridgehead atoms. The topological polar surface area (TPSA) is 84.0 Å². The molecule has 2 aromatic rings. The minimum Gasteiger partial charge on any atom is -0.441 e. The number of hydrogen-bond donors (Lipinski definition) is 1. The van der Waals surface area contributed by atoms with Gasteiger partial charge in [-0.1, -0.05) is 29.8 Å². The number of pyridine rings is 1. The predicted octanol–water partition coefficient (Wildman–Crippen LogP) is 4.92. The molecule has 4 rings (SSSR count). The van der Waals surface area contributed by atoms with Crippen LogP contribution in [0, 0.1) is 0 Å². The molecule has 1 fully saturated rings. The first-order valence-corrected chi connectivity index (χ1v) is 11.2. The number of halogens is 1. The standard InChI is InChI=1S/C23H27ClN4O4/c1-14(2)26-22(29)32-17-12-19(24)21(25-13-17)27-10-8-16(9-11-27)28-20-7-5-4-6-18(20)15(3)31-23(28)30/h4-7,12-16H,8-11H2,1-3H3,(H,26,29). The van der Waals surface area contributed by atoms with E-state index in [-0.39, 0.29) is 30.0 Å². The van der Waals surface area contributed by atoms with E-state index in [1.165, 1.54) is 6.20 Å². The average Bonchev–Trinajstić information content (AvgIpc) is 2.74. The smallest absolute Gasteiger partial charge is 0.415 e. The van der Waals surface area contributed by atoms with Gasteiger partial charge in [0.05, 0.1) is 16.9 Å². The van der Waals surface area contributed by atoms with Crippen molar-refractivity contribution in [3.63, 3.8) is 0 Å². The number of cyclic esters (lactones) is 1. The molecule has 8 nitrogen and oxygen atoms in total. The van der Waals surface area contributed by atoms with Gasteiger partial charge in [0.25, 0.3) is 0 Å². The summed E-state index contributed by atoms with van der Waals surface area (Å²) in [4.78, 5) is 32.7. The fourth-order valence-corrected chi connectivity index (χ4v) is 4.45. The molecule has 9 heteroatoms. The van der Waals surface area contributed by atoms with Gasteiger partial charge in [-0.15, -0.1) is 0 Å². The normalized spacial score (nSPS) is 18.9. The number of carbonyl (C=O) groups excluding carboxylic acids is 2. The number of aromatic nitrogens is 1. The number of nitrogens with zero attached hydrogens (tertiary/aromatic N) is 3. The Kier molecular flexibility index (Phi) is 6.41. The molecule has 32 heavy (non-hydrogen) atoms. The first-order chi connectivity index (χ1) is 15.3. The van der Waals surface area contributed by atoms with Crippen LogP contribution in [0.25, 0.3) is 0 Å². The van der Waals surface area contributed by atoms with Crippen molar-refractivity contribution in [1.29, 1.82) is 0 Å². The fourth-order valence-electron chi connectivity index (χ4n) is 4.18. The molecule has 170 valence electrons. The van der Waals surface area contributed by atoms with E-state index in [1.807, 2.05) is 45.0 Å². The van der Waals surface area contributed by atoms with Gasteiger partial charge in [-0.05, 0) is 39.7 Å². The summed E-state index contributed by atoms with van der Waals surface area (Å²) in [5.41, 5.74) is 1.95. The van der Waals surface area contributed by atoms with Crippen molar-refractivity contribution in [1.82, 2.24) is 10.3 Å². The SMILES string of the molecule is CC(C)NC(=O)Oc1cnc(N2CCC(N3C(=O)OC(C)c4ccccc43)CC2)c(Cl)c1. The molecule has 0 radical (unpaired) electrons. The molecule has 1 aromatic heterocycles. The van der Waals surface area contributed by atoms with E-state index in [9.17, 15) is 9.59 Å². The number of piperidine rings is 1. The number of rotatable bonds is 4. The number of carbonyl (C=O) groups is 2. The summed E-state index contributed by atoms with van der Waals surface area (Å²) < 4.78 is 10.8. The molecule has 1 atom stereocenters. The van der Waals surface area contributed by atoms with Gasteiger partial charge in [0.15, 0.2) is 5.75 Å². The molecule has 2 aliphatic rings. The van der Waals surface area contributed by atoms with Crippen LogP contribution < -0.4 is 19.9 Å². The monoisotopic (exact) mass is 458 g/mol. The minimum absolute atomic E-state index is 0.0288. The second-order valence-electron chi connectivity index (χ2n) is 8.34. The van der Waals surface area contributed by atoms with E-state index < -0.39 is 6.09 Å². The van der Waals surface area contributed by atoms with Crippen molar-refractivity contribution in [2.75, 3.05) is 22.9 Å². The maximum Gasteiger partial charge on any atom is 0.415 e. The van der Waals surface area contributed by atoms with Crippen LogP contribution in [-0.2, 0) is 4.74 Å². The molecule has 0 aliphatic carbocycles. The molecule has 1 saturated heterocycles. The van der Waals surface area contributed by atoms with Crippen molar-refractivity contribution in [2.45, 2.75) is 51.8 Å². The third-order valence-corrected chi connectivity index (χ3v) is 5.93. The lowest BCUT2D eigenvalue weighted by Crippen LogP contribution is -2.50. The number of nitrogens with one attached hydrogen (secondary N) is 1. The molecule has 0 spiro atoms. The molecule has 1 aromatic carbocycles. The van der Waals surface area contributed by atoms with Gasteiger partial charge < -0.3 is 19.7 Å². The van der Waals surface area contributed by atoms with Gasteiger partial charge in [0.2, 0.25) is 0 Å². The van der Waals surface area contributed by atoms with Gasteiger partial charge in [-0.25, -0.2) is 14.6 Å². The molecular weight excluding hydrogens is 432 g/mol. The third-order valence-electron chi connectivity index (χ3n) is 5.65. The number of ether oxygens (including phenoxy) is 2. The average molecular weight is 459 g/mol. The van der Waals surface area contributed by atoms with Gasteiger partial charge in [0, 0.05) is 36.8 Å². The van der Waals surface area contributed by atoms with Crippen molar-refractivity contribution < 1.29 is 19.1 Å². The number of anilines is 2. The summed E-state index contributed by atoms with van der Waals surface area (Å²) in [6.45, 7) is 6.97. The molecule has 1 N–H and O–H groups in total. The molecule has 2 amide bonds. The third kappa shape index (κ3) is 4.60. The summed E-state index contributed by atoms with van der Waals surface area (Å²) in [5.74, 6) is 0.922. The van der Waals surface area contributed by atoms with Gasteiger partial charge >= 0.3 is 12.2 Å². The van der Waals surface area contributed by atoms with Crippen LogP contribution in [0.2, 0.25) is 5.02 Å². The lowest BCUT2D eigenvalue weighted by molar-refractivity contribution is 0.104. The van der Waals surface area contributed by atoms with Gasteiger partial charge in [-0.2, -0.15) is 0 Å². The maximum atomic E-state index is 12.7. The van der Waals surface area contributed by atoms with Crippen LogP contribution in [0.15, 0.2) is 36.5 Å². The molecule has 0 saturated carbocycles.